The van der Waals surface area contributed by atoms with E-state index < -0.39 is 0 Å². The van der Waals surface area contributed by atoms with E-state index in [9.17, 15) is 0 Å². The molecule has 0 radical (unpaired) electrons. The van der Waals surface area contributed by atoms with E-state index in [0.717, 1.165) is 19.5 Å². The fourth-order valence-electron chi connectivity index (χ4n) is 1.54. The number of rotatable bonds is 4. The third-order valence-electron chi connectivity index (χ3n) is 2.81. The van der Waals surface area contributed by atoms with Crippen molar-refractivity contribution in [3.05, 3.63) is 34.9 Å². The Kier molecular flexibility index (Phi) is 4.15. The predicted octanol–water partition coefficient (Wildman–Crippen LogP) is 2.80. The van der Waals surface area contributed by atoms with Gasteiger partial charge in [-0.15, -0.1) is 0 Å². The number of nitrogens with zero attached hydrogens (tertiary/aromatic N) is 1. The Morgan fingerprint density at radius 3 is 2.57 bits per heavy atom. The highest BCUT2D eigenvalue weighted by atomic mass is 15.1. The minimum absolute atomic E-state index is 1.13. The van der Waals surface area contributed by atoms with Crippen LogP contribution in [0.25, 0.3) is 0 Å². The zero-order valence-electron chi connectivity index (χ0n) is 9.80. The van der Waals surface area contributed by atoms with Crippen LogP contribution >= 0.6 is 0 Å². The molecule has 0 bridgehead atoms. The molecule has 0 aliphatic carbocycles. The summed E-state index contributed by atoms with van der Waals surface area (Å²) in [5, 5.41) is 0. The molecule has 1 heteroatoms. The van der Waals surface area contributed by atoms with Crippen molar-refractivity contribution in [3.8, 4) is 0 Å². The van der Waals surface area contributed by atoms with E-state index in [1.807, 2.05) is 0 Å². The standard InChI is InChI=1S/C13H21N/c1-5-14(4)9-8-13-10-11(2)6-7-12(13)3/h6-7,10H,5,8-9H2,1-4H3. The maximum atomic E-state index is 2.35. The van der Waals surface area contributed by atoms with Crippen LogP contribution in [0.5, 0.6) is 0 Å². The van der Waals surface area contributed by atoms with E-state index in [0.29, 0.717) is 0 Å². The molecule has 1 rings (SSSR count). The molecule has 0 aliphatic rings. The number of hydrogen-bond acceptors (Lipinski definition) is 1. The van der Waals surface area contributed by atoms with Gasteiger partial charge in [-0.2, -0.15) is 0 Å². The van der Waals surface area contributed by atoms with E-state index in [2.05, 4.69) is 50.9 Å². The maximum Gasteiger partial charge on any atom is 0.00188 e. The van der Waals surface area contributed by atoms with Crippen molar-refractivity contribution in [2.45, 2.75) is 27.2 Å². The summed E-state index contributed by atoms with van der Waals surface area (Å²) in [5.74, 6) is 0. The van der Waals surface area contributed by atoms with E-state index >= 15 is 0 Å². The molecular weight excluding hydrogens is 170 g/mol. The van der Waals surface area contributed by atoms with Gasteiger partial charge in [-0.1, -0.05) is 30.7 Å². The van der Waals surface area contributed by atoms with Gasteiger partial charge < -0.3 is 4.90 Å². The minimum atomic E-state index is 1.13. The first-order chi connectivity index (χ1) is 6.63. The average molecular weight is 191 g/mol. The van der Waals surface area contributed by atoms with Crippen molar-refractivity contribution in [2.24, 2.45) is 0 Å². The van der Waals surface area contributed by atoms with Crippen LogP contribution in [-0.2, 0) is 6.42 Å². The van der Waals surface area contributed by atoms with E-state index in [-0.39, 0.29) is 0 Å². The normalized spacial score (nSPS) is 10.9. The highest BCUT2D eigenvalue weighted by molar-refractivity contribution is 5.30. The molecule has 0 aromatic heterocycles. The Labute approximate surface area is 87.7 Å². The first-order valence-electron chi connectivity index (χ1n) is 5.38. The summed E-state index contributed by atoms with van der Waals surface area (Å²) in [4.78, 5) is 2.35. The van der Waals surface area contributed by atoms with Crippen LogP contribution in [-0.4, -0.2) is 25.0 Å². The van der Waals surface area contributed by atoms with Crippen molar-refractivity contribution in [1.82, 2.24) is 4.90 Å². The largest absolute Gasteiger partial charge is 0.306 e. The lowest BCUT2D eigenvalue weighted by molar-refractivity contribution is 0.357. The number of hydrogen-bond donors (Lipinski definition) is 0. The number of aryl methyl sites for hydroxylation is 2. The van der Waals surface area contributed by atoms with Crippen LogP contribution < -0.4 is 0 Å². The van der Waals surface area contributed by atoms with E-state index in [1.54, 1.807) is 0 Å². The van der Waals surface area contributed by atoms with Gasteiger partial charge in [0.05, 0.1) is 0 Å². The molecule has 0 unspecified atom stereocenters. The van der Waals surface area contributed by atoms with Gasteiger partial charge >= 0.3 is 0 Å². The third-order valence-corrected chi connectivity index (χ3v) is 2.81. The number of likely N-dealkylation sites (N-methyl/N-ethyl adjacent to an activating group) is 1. The summed E-state index contributed by atoms with van der Waals surface area (Å²) < 4.78 is 0. The van der Waals surface area contributed by atoms with Crippen molar-refractivity contribution < 1.29 is 0 Å². The van der Waals surface area contributed by atoms with Crippen molar-refractivity contribution in [2.75, 3.05) is 20.1 Å². The van der Waals surface area contributed by atoms with Gasteiger partial charge in [0.15, 0.2) is 0 Å². The lowest BCUT2D eigenvalue weighted by atomic mass is 10.0. The Bertz CT molecular complexity index is 291. The Morgan fingerprint density at radius 2 is 1.93 bits per heavy atom. The van der Waals surface area contributed by atoms with Crippen LogP contribution in [0.4, 0.5) is 0 Å². The third kappa shape index (κ3) is 3.15. The van der Waals surface area contributed by atoms with Crippen molar-refractivity contribution >= 4 is 0 Å². The van der Waals surface area contributed by atoms with Gasteiger partial charge in [0.25, 0.3) is 0 Å². The quantitative estimate of drug-likeness (QED) is 0.707. The van der Waals surface area contributed by atoms with Crippen molar-refractivity contribution in [3.63, 3.8) is 0 Å². The van der Waals surface area contributed by atoms with Crippen LogP contribution in [0, 0.1) is 13.8 Å². The summed E-state index contributed by atoms with van der Waals surface area (Å²) in [6, 6.07) is 6.71. The molecule has 78 valence electrons. The maximum absolute atomic E-state index is 2.35. The second-order valence-corrected chi connectivity index (χ2v) is 4.08. The van der Waals surface area contributed by atoms with E-state index in [4.69, 9.17) is 0 Å². The Hall–Kier alpha value is -0.820. The van der Waals surface area contributed by atoms with E-state index in [1.165, 1.54) is 16.7 Å². The van der Waals surface area contributed by atoms with Crippen LogP contribution in [0.2, 0.25) is 0 Å². The molecule has 0 atom stereocenters. The lowest BCUT2D eigenvalue weighted by Gasteiger charge is -2.14. The summed E-state index contributed by atoms with van der Waals surface area (Å²) >= 11 is 0. The lowest BCUT2D eigenvalue weighted by Crippen LogP contribution is -2.20. The zero-order chi connectivity index (χ0) is 10.6. The fourth-order valence-corrected chi connectivity index (χ4v) is 1.54. The molecule has 0 amide bonds. The van der Waals surface area contributed by atoms with Gasteiger partial charge in [-0.05, 0) is 45.0 Å². The van der Waals surface area contributed by atoms with Crippen LogP contribution in [0.1, 0.15) is 23.6 Å². The summed E-state index contributed by atoms with van der Waals surface area (Å²) in [5.41, 5.74) is 4.27. The zero-order valence-corrected chi connectivity index (χ0v) is 9.80. The first kappa shape index (κ1) is 11.3. The van der Waals surface area contributed by atoms with Gasteiger partial charge in [-0.3, -0.25) is 0 Å². The predicted molar refractivity (Wildman–Crippen MR) is 62.8 cm³/mol. The SMILES string of the molecule is CCN(C)CCc1cc(C)ccc1C. The number of benzene rings is 1. The highest BCUT2D eigenvalue weighted by Gasteiger charge is 2.00. The van der Waals surface area contributed by atoms with Gasteiger partial charge in [0.2, 0.25) is 0 Å². The molecule has 1 aromatic rings. The average Bonchev–Trinajstić information content (AvgIpc) is 2.19. The molecule has 0 N–H and O–H groups in total. The highest BCUT2D eigenvalue weighted by Crippen LogP contribution is 2.11. The minimum Gasteiger partial charge on any atom is -0.306 e. The molecule has 0 saturated carbocycles. The molecular formula is C13H21N. The molecule has 0 aliphatic heterocycles. The molecule has 0 heterocycles. The second kappa shape index (κ2) is 5.16. The molecule has 1 nitrogen and oxygen atoms in total. The summed E-state index contributed by atoms with van der Waals surface area (Å²) in [7, 11) is 2.17. The summed E-state index contributed by atoms with van der Waals surface area (Å²) in [6.07, 6.45) is 1.16. The smallest absolute Gasteiger partial charge is 0.00188 e. The first-order valence-corrected chi connectivity index (χ1v) is 5.38. The Balaban J connectivity index is 2.62. The van der Waals surface area contributed by atoms with Crippen molar-refractivity contribution in [1.29, 1.82) is 0 Å². The van der Waals surface area contributed by atoms with Gasteiger partial charge in [0, 0.05) is 6.54 Å². The fraction of sp³-hybridized carbons (Fsp3) is 0.538. The molecule has 0 spiro atoms. The monoisotopic (exact) mass is 191 g/mol. The van der Waals surface area contributed by atoms with Gasteiger partial charge in [-0.25, -0.2) is 0 Å². The Morgan fingerprint density at radius 1 is 1.21 bits per heavy atom. The van der Waals surface area contributed by atoms with Gasteiger partial charge in [0.1, 0.15) is 0 Å². The molecule has 1 aromatic carbocycles. The topological polar surface area (TPSA) is 3.24 Å². The molecule has 14 heavy (non-hydrogen) atoms. The van der Waals surface area contributed by atoms with Crippen LogP contribution in [0.15, 0.2) is 18.2 Å². The molecule has 0 fully saturated rings. The van der Waals surface area contributed by atoms with Crippen LogP contribution in [0.3, 0.4) is 0 Å². The summed E-state index contributed by atoms with van der Waals surface area (Å²) in [6.45, 7) is 8.84. The second-order valence-electron chi connectivity index (χ2n) is 4.08. The molecule has 0 saturated heterocycles.